The Kier molecular flexibility index (Phi) is 11.0. The molecule has 0 bridgehead atoms. The quantitative estimate of drug-likeness (QED) is 0.173. The van der Waals surface area contributed by atoms with E-state index in [0.29, 0.717) is 24.0 Å². The first-order valence-electron chi connectivity index (χ1n) is 14.5. The summed E-state index contributed by atoms with van der Waals surface area (Å²) in [7, 11) is 0. The molecule has 13 heteroatoms. The van der Waals surface area contributed by atoms with Crippen molar-refractivity contribution in [2.24, 2.45) is 11.5 Å². The summed E-state index contributed by atoms with van der Waals surface area (Å²) in [6.07, 6.45) is -1.17. The van der Waals surface area contributed by atoms with Crippen molar-refractivity contribution in [1.29, 1.82) is 0 Å². The minimum Gasteiger partial charge on any atom is -0.445 e. The van der Waals surface area contributed by atoms with Crippen LogP contribution in [0.25, 0.3) is 0 Å². The van der Waals surface area contributed by atoms with Gasteiger partial charge in [0.1, 0.15) is 12.6 Å². The molecule has 7 N–H and O–H groups in total. The minimum absolute atomic E-state index is 0.00924. The molecule has 5 atom stereocenters. The Hall–Kier alpha value is -5.14. The van der Waals surface area contributed by atoms with E-state index in [2.05, 4.69) is 15.6 Å². The maximum atomic E-state index is 14.3. The fraction of sp³-hybridized carbons (Fsp3) is 0.312. The van der Waals surface area contributed by atoms with Crippen LogP contribution in [-0.4, -0.2) is 70.6 Å². The molecule has 3 aromatic rings. The lowest BCUT2D eigenvalue weighted by Gasteiger charge is -2.37. The first-order chi connectivity index (χ1) is 21.6. The van der Waals surface area contributed by atoms with E-state index in [1.807, 2.05) is 0 Å². The van der Waals surface area contributed by atoms with Crippen LogP contribution in [0.2, 0.25) is 0 Å². The van der Waals surface area contributed by atoms with Gasteiger partial charge in [0.05, 0.1) is 19.0 Å². The van der Waals surface area contributed by atoms with E-state index < -0.39 is 64.9 Å². The number of carbonyl (C=O) groups excluding carboxylic acids is 5. The molecule has 1 fully saturated rings. The first-order valence-corrected chi connectivity index (χ1v) is 14.5. The zero-order valence-corrected chi connectivity index (χ0v) is 24.6. The molecule has 45 heavy (non-hydrogen) atoms. The number of nitrogens with zero attached hydrogens (tertiary/aromatic N) is 2. The second kappa shape index (κ2) is 15.0. The monoisotopic (exact) mass is 617 g/mol. The molecule has 4 rings (SSSR count). The maximum Gasteiger partial charge on any atom is 0.408 e. The Morgan fingerprint density at radius 2 is 1.56 bits per heavy atom. The van der Waals surface area contributed by atoms with Crippen LogP contribution in [0, 0.1) is 0 Å². The molecule has 2 heterocycles. The van der Waals surface area contributed by atoms with Gasteiger partial charge in [0.25, 0.3) is 5.91 Å². The molecule has 0 aliphatic carbocycles. The number of aliphatic hydroxyl groups excluding tert-OH is 1. The van der Waals surface area contributed by atoms with Gasteiger partial charge in [-0.2, -0.15) is 4.48 Å². The average molecular weight is 618 g/mol. The fourth-order valence-corrected chi connectivity index (χ4v) is 5.63. The number of ether oxygens (including phenoxy) is 1. The largest absolute Gasteiger partial charge is 0.445 e. The number of rotatable bonds is 13. The van der Waals surface area contributed by atoms with Gasteiger partial charge in [-0.05, 0) is 23.6 Å². The van der Waals surface area contributed by atoms with Crippen LogP contribution >= 0.6 is 0 Å². The molecule has 236 valence electrons. The number of likely N-dealkylation sites (tertiary alicyclic amines) is 1. The number of quaternary nitrogens is 1. The van der Waals surface area contributed by atoms with Crippen LogP contribution in [0.15, 0.2) is 85.1 Å². The van der Waals surface area contributed by atoms with Crippen LogP contribution in [0.3, 0.4) is 0 Å². The highest BCUT2D eigenvalue weighted by Crippen LogP contribution is 2.35. The van der Waals surface area contributed by atoms with Crippen molar-refractivity contribution in [1.82, 2.24) is 20.1 Å². The van der Waals surface area contributed by atoms with E-state index in [1.54, 1.807) is 78.9 Å². The van der Waals surface area contributed by atoms with Crippen molar-refractivity contribution in [2.45, 2.75) is 56.5 Å². The number of nitrogens with two attached hydrogens (primary N) is 2. The number of carbonyl (C=O) groups is 5. The molecule has 1 aromatic heterocycles. The van der Waals surface area contributed by atoms with Gasteiger partial charge in [-0.3, -0.25) is 14.4 Å². The Bertz CT molecular complexity index is 1490. The zero-order chi connectivity index (χ0) is 32.4. The first kappa shape index (κ1) is 32.8. The number of aliphatic hydroxyl groups is 1. The predicted molar refractivity (Wildman–Crippen MR) is 164 cm³/mol. The molecular formula is C32H37N6O7+. The lowest BCUT2D eigenvalue weighted by atomic mass is 9.98. The predicted octanol–water partition coefficient (Wildman–Crippen LogP) is 0.822. The minimum atomic E-state index is -1.85. The number of primary amides is 2. The van der Waals surface area contributed by atoms with Gasteiger partial charge in [-0.25, -0.2) is 14.6 Å². The van der Waals surface area contributed by atoms with E-state index in [4.69, 9.17) is 16.2 Å². The lowest BCUT2D eigenvalue weighted by molar-refractivity contribution is -0.145. The molecule has 1 saturated heterocycles. The van der Waals surface area contributed by atoms with Crippen molar-refractivity contribution in [3.8, 4) is 0 Å². The number of alkyl carbamates (subject to hydrolysis) is 1. The summed E-state index contributed by atoms with van der Waals surface area (Å²) >= 11 is 0. The molecule has 13 nitrogen and oxygen atoms in total. The molecule has 1 aliphatic heterocycles. The molecular weight excluding hydrogens is 580 g/mol. The summed E-state index contributed by atoms with van der Waals surface area (Å²) in [6, 6.07) is 18.8. The fourth-order valence-electron chi connectivity index (χ4n) is 5.63. The smallest absolute Gasteiger partial charge is 0.408 e. The van der Waals surface area contributed by atoms with Crippen molar-refractivity contribution in [2.75, 3.05) is 6.54 Å². The summed E-state index contributed by atoms with van der Waals surface area (Å²) in [5.41, 5.74) is 12.5. The third-order valence-electron chi connectivity index (χ3n) is 7.79. The average Bonchev–Trinajstić information content (AvgIpc) is 3.50. The number of hydrogen-bond acceptors (Lipinski definition) is 8. The summed E-state index contributed by atoms with van der Waals surface area (Å²) in [5.74, 6) is -3.02. The van der Waals surface area contributed by atoms with E-state index in [-0.39, 0.29) is 25.4 Å². The van der Waals surface area contributed by atoms with Gasteiger partial charge in [-0.15, -0.1) is 0 Å². The number of aromatic nitrogens is 1. The van der Waals surface area contributed by atoms with E-state index in [1.165, 1.54) is 6.20 Å². The molecule has 0 spiro atoms. The van der Waals surface area contributed by atoms with E-state index in [9.17, 15) is 29.1 Å². The van der Waals surface area contributed by atoms with Crippen molar-refractivity contribution in [3.63, 3.8) is 0 Å². The Balaban J connectivity index is 1.60. The Morgan fingerprint density at radius 3 is 2.16 bits per heavy atom. The highest BCUT2D eigenvalue weighted by molar-refractivity contribution is 5.99. The van der Waals surface area contributed by atoms with Crippen LogP contribution in [0.1, 0.15) is 30.4 Å². The zero-order valence-electron chi connectivity index (χ0n) is 24.6. The van der Waals surface area contributed by atoms with Crippen molar-refractivity contribution in [3.05, 3.63) is 96.2 Å². The highest BCUT2D eigenvalue weighted by Gasteiger charge is 2.57. The normalized spacial score (nSPS) is 19.4. The Morgan fingerprint density at radius 1 is 0.911 bits per heavy atom. The summed E-state index contributed by atoms with van der Waals surface area (Å²) in [6.45, 7) is 0.0710. The van der Waals surface area contributed by atoms with Gasteiger partial charge < -0.3 is 31.9 Å². The lowest BCUT2D eigenvalue weighted by Crippen LogP contribution is -2.68. The second-order valence-corrected chi connectivity index (χ2v) is 10.9. The van der Waals surface area contributed by atoms with Crippen molar-refractivity contribution < 1.29 is 33.8 Å². The SMILES string of the molecule is NC(=O)C[C@H](NC(=O)OCc1ccccc1)C(=O)N[C@@H](Cc1ccccc1)[C@H](O)C(=O)[N+]1(c2ccccn2)CCC[C@H]1C(N)=O. The highest BCUT2D eigenvalue weighted by atomic mass is 16.5. The number of nitrogens with one attached hydrogen (secondary N) is 2. The molecule has 0 saturated carbocycles. The van der Waals surface area contributed by atoms with E-state index in [0.717, 1.165) is 0 Å². The standard InChI is InChI=1S/C32H36N6O7/c33-26(39)19-24(37-32(44)45-20-22-12-5-2-6-13-22)30(42)36-23(18-21-10-3-1-4-11-21)28(40)31(43)38(27-15-7-8-16-35-27)17-9-14-25(38)29(34)41/h1-8,10-13,15-16,23-25,28,40H,9,14,17-20H2,(H5-,33,34,36,37,39,41,42,44)/p+1/t23-,24-,25-,28-,38?/m0/s1. The van der Waals surface area contributed by atoms with Crippen LogP contribution < -0.4 is 26.6 Å². The van der Waals surface area contributed by atoms with Gasteiger partial charge in [-0.1, -0.05) is 66.7 Å². The molecule has 1 aliphatic rings. The number of hydrogen-bond donors (Lipinski definition) is 5. The van der Waals surface area contributed by atoms with Crippen LogP contribution in [0.5, 0.6) is 0 Å². The van der Waals surface area contributed by atoms with Crippen molar-refractivity contribution >= 4 is 35.5 Å². The van der Waals surface area contributed by atoms with Gasteiger partial charge in [0, 0.05) is 25.1 Å². The number of pyridine rings is 1. The molecule has 5 amide bonds. The van der Waals surface area contributed by atoms with E-state index >= 15 is 0 Å². The van der Waals surface area contributed by atoms with Crippen LogP contribution in [-0.2, 0) is 36.9 Å². The van der Waals surface area contributed by atoms with Gasteiger partial charge in [0.2, 0.25) is 17.6 Å². The topological polar surface area (TPSA) is 204 Å². The summed E-state index contributed by atoms with van der Waals surface area (Å²) in [5, 5.41) is 16.6. The van der Waals surface area contributed by atoms with Gasteiger partial charge in [0.15, 0.2) is 12.1 Å². The second-order valence-electron chi connectivity index (χ2n) is 10.9. The third-order valence-corrected chi connectivity index (χ3v) is 7.79. The molecule has 0 radical (unpaired) electrons. The van der Waals surface area contributed by atoms with Gasteiger partial charge >= 0.3 is 12.0 Å². The van der Waals surface area contributed by atoms with Crippen LogP contribution in [0.4, 0.5) is 10.6 Å². The maximum absolute atomic E-state index is 14.3. The molecule has 2 aromatic carbocycles. The summed E-state index contributed by atoms with van der Waals surface area (Å²) < 4.78 is 4.58. The molecule has 1 unspecified atom stereocenters. The number of benzene rings is 2. The summed E-state index contributed by atoms with van der Waals surface area (Å²) in [4.78, 5) is 69.2. The number of amides is 5. The Labute approximate surface area is 260 Å². The third kappa shape index (κ3) is 8.08.